The topological polar surface area (TPSA) is 75.4 Å². The number of nitrogen functional groups attached to an aromatic ring is 1. The van der Waals surface area contributed by atoms with Crippen LogP contribution in [0.2, 0.25) is 0 Å². The molecule has 0 bridgehead atoms. The zero-order valence-corrected chi connectivity index (χ0v) is 13.1. The molecule has 1 aliphatic carbocycles. The van der Waals surface area contributed by atoms with Gasteiger partial charge in [-0.05, 0) is 43.9 Å². The molecule has 0 unspecified atom stereocenters. The Bertz CT molecular complexity index is 587. The van der Waals surface area contributed by atoms with Crippen LogP contribution in [0.25, 0.3) is 0 Å². The molecule has 0 amide bonds. The molecule has 1 aromatic carbocycles. The Kier molecular flexibility index (Phi) is 3.97. The van der Waals surface area contributed by atoms with E-state index in [9.17, 15) is 8.42 Å². The van der Waals surface area contributed by atoms with Crippen molar-refractivity contribution in [2.45, 2.75) is 43.0 Å². The molecule has 1 saturated carbocycles. The zero-order chi connectivity index (χ0) is 15.0. The second-order valence-corrected chi connectivity index (χ2v) is 7.80. The minimum absolute atomic E-state index is 0.0780. The maximum absolute atomic E-state index is 12.2. The fourth-order valence-corrected chi connectivity index (χ4v) is 3.40. The summed E-state index contributed by atoms with van der Waals surface area (Å²) >= 11 is 0. The summed E-state index contributed by atoms with van der Waals surface area (Å²) in [6.07, 6.45) is 4.43. The maximum Gasteiger partial charge on any atom is 0.242 e. The molecule has 0 saturated heterocycles. The third-order valence-corrected chi connectivity index (χ3v) is 6.00. The van der Waals surface area contributed by atoms with E-state index in [1.165, 1.54) is 24.8 Å². The third kappa shape index (κ3) is 2.62. The molecule has 3 N–H and O–H groups in total. The lowest BCUT2D eigenvalue weighted by molar-refractivity contribution is 0.269. The maximum atomic E-state index is 12.2. The van der Waals surface area contributed by atoms with E-state index in [-0.39, 0.29) is 10.4 Å². The quantitative estimate of drug-likeness (QED) is 0.817. The van der Waals surface area contributed by atoms with Crippen molar-refractivity contribution in [1.29, 1.82) is 0 Å². The zero-order valence-electron chi connectivity index (χ0n) is 12.3. The van der Waals surface area contributed by atoms with Gasteiger partial charge < -0.3 is 11.1 Å². The molecule has 0 aromatic heterocycles. The predicted octanol–water partition coefficient (Wildman–Crippen LogP) is 2.26. The number of hydrogen-bond acceptors (Lipinski definition) is 4. The van der Waals surface area contributed by atoms with Gasteiger partial charge in [0.2, 0.25) is 10.0 Å². The Labute approximate surface area is 121 Å². The molecule has 0 spiro atoms. The largest absolute Gasteiger partial charge is 0.397 e. The summed E-state index contributed by atoms with van der Waals surface area (Å²) in [6.45, 7) is 2.14. The highest BCUT2D eigenvalue weighted by atomic mass is 32.2. The van der Waals surface area contributed by atoms with Crippen molar-refractivity contribution in [1.82, 2.24) is 4.31 Å². The highest BCUT2D eigenvalue weighted by Crippen LogP contribution is 2.39. The van der Waals surface area contributed by atoms with Crippen LogP contribution >= 0.6 is 0 Å². The van der Waals surface area contributed by atoms with E-state index in [0.29, 0.717) is 5.69 Å². The molecule has 1 aromatic rings. The minimum Gasteiger partial charge on any atom is -0.397 e. The number of rotatable bonds is 5. The number of nitrogens with zero attached hydrogens (tertiary/aromatic N) is 1. The molecule has 6 heteroatoms. The van der Waals surface area contributed by atoms with Gasteiger partial charge in [-0.15, -0.1) is 0 Å². The number of benzene rings is 1. The van der Waals surface area contributed by atoms with Crippen LogP contribution in [0.5, 0.6) is 0 Å². The van der Waals surface area contributed by atoms with E-state index in [0.717, 1.165) is 24.9 Å². The first-order valence-corrected chi connectivity index (χ1v) is 8.35. The summed E-state index contributed by atoms with van der Waals surface area (Å²) in [7, 11) is -0.377. The molecule has 20 heavy (non-hydrogen) atoms. The first-order chi connectivity index (χ1) is 9.31. The van der Waals surface area contributed by atoms with Crippen molar-refractivity contribution < 1.29 is 8.42 Å². The Hall–Kier alpha value is -1.27. The van der Waals surface area contributed by atoms with Crippen LogP contribution in [0, 0.1) is 0 Å². The Morgan fingerprint density at radius 2 is 2.00 bits per heavy atom. The molecule has 0 aliphatic heterocycles. The Morgan fingerprint density at radius 1 is 1.35 bits per heavy atom. The summed E-state index contributed by atoms with van der Waals surface area (Å²) in [6, 6.07) is 4.84. The molecule has 1 fully saturated rings. The average Bonchev–Trinajstić information content (AvgIpc) is 2.35. The van der Waals surface area contributed by atoms with Crippen molar-refractivity contribution in [2.75, 3.05) is 25.1 Å². The molecule has 0 atom stereocenters. The van der Waals surface area contributed by atoms with Crippen LogP contribution < -0.4 is 11.1 Å². The lowest BCUT2D eigenvalue weighted by Crippen LogP contribution is -2.44. The van der Waals surface area contributed by atoms with E-state index in [2.05, 4.69) is 12.2 Å². The third-order valence-electron chi connectivity index (χ3n) is 4.19. The van der Waals surface area contributed by atoms with Gasteiger partial charge in [0.05, 0.1) is 16.3 Å². The number of anilines is 2. The van der Waals surface area contributed by atoms with Crippen LogP contribution in [-0.4, -0.2) is 32.4 Å². The summed E-state index contributed by atoms with van der Waals surface area (Å²) in [5.74, 6) is 0. The molecule has 5 nitrogen and oxygen atoms in total. The number of sulfonamides is 1. The van der Waals surface area contributed by atoms with Gasteiger partial charge in [0, 0.05) is 19.6 Å². The van der Waals surface area contributed by atoms with E-state index in [1.54, 1.807) is 18.2 Å². The highest BCUT2D eigenvalue weighted by Gasteiger charge is 2.35. The molecule has 2 rings (SSSR count). The molecule has 0 radical (unpaired) electrons. The molecule has 1 aliphatic rings. The Morgan fingerprint density at radius 3 is 2.45 bits per heavy atom. The second kappa shape index (κ2) is 5.26. The Balaban J connectivity index is 2.35. The summed E-state index contributed by atoms with van der Waals surface area (Å²) in [5.41, 5.74) is 7.36. The van der Waals surface area contributed by atoms with Crippen molar-refractivity contribution in [3.05, 3.63) is 18.2 Å². The predicted molar refractivity (Wildman–Crippen MR) is 82.2 cm³/mol. The summed E-state index contributed by atoms with van der Waals surface area (Å²) < 4.78 is 25.6. The van der Waals surface area contributed by atoms with Gasteiger partial charge in [0.1, 0.15) is 0 Å². The standard InChI is InChI=1S/C14H23N3O2S/c1-4-14(8-5-9-14)16-13-10-11(6-7-12(13)15)20(18,19)17(2)3/h6-7,10,16H,4-5,8-9,15H2,1-3H3. The van der Waals surface area contributed by atoms with Gasteiger partial charge in [-0.25, -0.2) is 12.7 Å². The number of nitrogens with two attached hydrogens (primary N) is 1. The van der Waals surface area contributed by atoms with Gasteiger partial charge in [0.15, 0.2) is 0 Å². The minimum atomic E-state index is -3.43. The smallest absolute Gasteiger partial charge is 0.242 e. The summed E-state index contributed by atoms with van der Waals surface area (Å²) in [4.78, 5) is 0.268. The normalized spacial score (nSPS) is 17.8. The lowest BCUT2D eigenvalue weighted by Gasteiger charge is -2.43. The first-order valence-electron chi connectivity index (χ1n) is 6.91. The molecular formula is C14H23N3O2S. The molecule has 0 heterocycles. The average molecular weight is 297 g/mol. The second-order valence-electron chi connectivity index (χ2n) is 5.65. The van der Waals surface area contributed by atoms with Gasteiger partial charge in [-0.3, -0.25) is 0 Å². The highest BCUT2D eigenvalue weighted by molar-refractivity contribution is 7.89. The van der Waals surface area contributed by atoms with E-state index in [1.807, 2.05) is 0 Å². The number of nitrogens with one attached hydrogen (secondary N) is 1. The van der Waals surface area contributed by atoms with Gasteiger partial charge >= 0.3 is 0 Å². The fraction of sp³-hybridized carbons (Fsp3) is 0.571. The van der Waals surface area contributed by atoms with Crippen molar-refractivity contribution in [3.8, 4) is 0 Å². The van der Waals surface area contributed by atoms with Crippen LogP contribution in [0.15, 0.2) is 23.1 Å². The van der Waals surface area contributed by atoms with Gasteiger partial charge in [-0.2, -0.15) is 0 Å². The molecular weight excluding hydrogens is 274 g/mol. The van der Waals surface area contributed by atoms with Crippen molar-refractivity contribution in [3.63, 3.8) is 0 Å². The van der Waals surface area contributed by atoms with E-state index >= 15 is 0 Å². The van der Waals surface area contributed by atoms with Gasteiger partial charge in [0.25, 0.3) is 0 Å². The monoisotopic (exact) mass is 297 g/mol. The summed E-state index contributed by atoms with van der Waals surface area (Å²) in [5, 5.41) is 3.45. The first kappa shape index (κ1) is 15.1. The molecule has 112 valence electrons. The van der Waals surface area contributed by atoms with Crippen LogP contribution in [0.1, 0.15) is 32.6 Å². The lowest BCUT2D eigenvalue weighted by atomic mass is 9.74. The van der Waals surface area contributed by atoms with E-state index < -0.39 is 10.0 Å². The number of hydrogen-bond donors (Lipinski definition) is 2. The SMILES string of the molecule is CCC1(Nc2cc(S(=O)(=O)N(C)C)ccc2N)CCC1. The van der Waals surface area contributed by atoms with Crippen molar-refractivity contribution in [2.24, 2.45) is 0 Å². The van der Waals surface area contributed by atoms with Crippen LogP contribution in [0.4, 0.5) is 11.4 Å². The van der Waals surface area contributed by atoms with Crippen LogP contribution in [0.3, 0.4) is 0 Å². The van der Waals surface area contributed by atoms with Crippen LogP contribution in [-0.2, 0) is 10.0 Å². The van der Waals surface area contributed by atoms with Crippen molar-refractivity contribution >= 4 is 21.4 Å². The van der Waals surface area contributed by atoms with E-state index in [4.69, 9.17) is 5.73 Å². The van der Waals surface area contributed by atoms with Gasteiger partial charge in [-0.1, -0.05) is 6.92 Å². The fourth-order valence-electron chi connectivity index (χ4n) is 2.47.